The second-order valence-corrected chi connectivity index (χ2v) is 8.70. The summed E-state index contributed by atoms with van der Waals surface area (Å²) in [6.07, 6.45) is 0.798. The number of carbonyl (C=O) groups is 1. The lowest BCUT2D eigenvalue weighted by molar-refractivity contribution is -0.118. The lowest BCUT2D eigenvalue weighted by Gasteiger charge is -2.33. The Morgan fingerprint density at radius 3 is 2.32 bits per heavy atom. The highest BCUT2D eigenvalue weighted by molar-refractivity contribution is 7.89. The third-order valence-corrected chi connectivity index (χ3v) is 6.97. The normalized spacial score (nSPS) is 17.7. The molecule has 2 unspecified atom stereocenters. The molecule has 7 nitrogen and oxygen atoms in total. The van der Waals surface area contributed by atoms with Gasteiger partial charge in [-0.25, -0.2) is 8.42 Å². The van der Waals surface area contributed by atoms with Gasteiger partial charge in [-0.1, -0.05) is 33.3 Å². The van der Waals surface area contributed by atoms with Crippen molar-refractivity contribution < 1.29 is 13.2 Å². The molecule has 10 heteroatoms. The number of nitrogens with one attached hydrogen (secondary N) is 1. The zero-order chi connectivity index (χ0) is 19.3. The van der Waals surface area contributed by atoms with Crippen LogP contribution in [0.2, 0.25) is 0 Å². The number of sulfonamides is 1. The Balaban J connectivity index is 0.00000364. The van der Waals surface area contributed by atoms with E-state index in [0.717, 1.165) is 26.1 Å². The van der Waals surface area contributed by atoms with Gasteiger partial charge in [0.2, 0.25) is 15.9 Å². The molecule has 1 fully saturated rings. The number of benzene rings is 1. The number of hydrogen-bond acceptors (Lipinski definition) is 5. The van der Waals surface area contributed by atoms with E-state index in [4.69, 9.17) is 5.73 Å². The topological polar surface area (TPSA) is 95.7 Å². The standard InChI is InChI=1S/C18H30N4O3S.2ClH/c1-4-14(3)17(19)18(23)20-15-7-6-8-16(13-15)26(24,25)22-11-9-21(5-2)10-12-22;;/h6-8,13-14,17H,4-5,9-12,19H2,1-3H3,(H,20,23);2*1H. The third kappa shape index (κ3) is 6.57. The van der Waals surface area contributed by atoms with Crippen LogP contribution in [0.25, 0.3) is 0 Å². The molecule has 0 saturated carbocycles. The van der Waals surface area contributed by atoms with E-state index < -0.39 is 16.1 Å². The monoisotopic (exact) mass is 454 g/mol. The highest BCUT2D eigenvalue weighted by Gasteiger charge is 2.28. The minimum absolute atomic E-state index is 0. The van der Waals surface area contributed by atoms with Crippen LogP contribution in [-0.4, -0.2) is 62.3 Å². The van der Waals surface area contributed by atoms with E-state index >= 15 is 0 Å². The molecule has 1 heterocycles. The van der Waals surface area contributed by atoms with Gasteiger partial charge < -0.3 is 16.0 Å². The molecule has 1 aromatic rings. The van der Waals surface area contributed by atoms with E-state index in [1.165, 1.54) is 10.4 Å². The maximum absolute atomic E-state index is 12.9. The Morgan fingerprint density at radius 1 is 1.18 bits per heavy atom. The molecule has 2 rings (SSSR count). The number of amides is 1. The first-order valence-corrected chi connectivity index (χ1v) is 10.6. The van der Waals surface area contributed by atoms with Gasteiger partial charge in [0.15, 0.2) is 0 Å². The number of rotatable bonds is 7. The Morgan fingerprint density at radius 2 is 1.79 bits per heavy atom. The van der Waals surface area contributed by atoms with Crippen LogP contribution in [0.3, 0.4) is 0 Å². The number of likely N-dealkylation sites (N-methyl/N-ethyl adjacent to an activating group) is 1. The Bertz CT molecular complexity index is 725. The van der Waals surface area contributed by atoms with Gasteiger partial charge in [0.05, 0.1) is 10.9 Å². The minimum atomic E-state index is -3.57. The molecule has 0 aliphatic carbocycles. The molecule has 0 radical (unpaired) electrons. The van der Waals surface area contributed by atoms with Gasteiger partial charge >= 0.3 is 0 Å². The van der Waals surface area contributed by atoms with E-state index in [9.17, 15) is 13.2 Å². The Labute approximate surface area is 180 Å². The van der Waals surface area contributed by atoms with E-state index in [1.807, 2.05) is 13.8 Å². The zero-order valence-electron chi connectivity index (χ0n) is 16.6. The summed E-state index contributed by atoms with van der Waals surface area (Å²) in [6.45, 7) is 9.31. The fraction of sp³-hybridized carbons (Fsp3) is 0.611. The molecule has 162 valence electrons. The van der Waals surface area contributed by atoms with E-state index in [0.29, 0.717) is 18.8 Å². The molecule has 28 heavy (non-hydrogen) atoms. The van der Waals surface area contributed by atoms with E-state index in [1.54, 1.807) is 18.2 Å². The molecule has 0 bridgehead atoms. The highest BCUT2D eigenvalue weighted by atomic mass is 35.5. The van der Waals surface area contributed by atoms with Crippen molar-refractivity contribution in [3.8, 4) is 0 Å². The number of hydrogen-bond donors (Lipinski definition) is 2. The highest BCUT2D eigenvalue weighted by Crippen LogP contribution is 2.21. The predicted octanol–water partition coefficient (Wildman–Crippen LogP) is 2.17. The quantitative estimate of drug-likeness (QED) is 0.657. The molecule has 2 atom stereocenters. The average Bonchev–Trinajstić information content (AvgIpc) is 2.66. The van der Waals surface area contributed by atoms with Gasteiger partial charge in [-0.3, -0.25) is 4.79 Å². The van der Waals surface area contributed by atoms with Crippen molar-refractivity contribution in [2.45, 2.75) is 38.1 Å². The van der Waals surface area contributed by atoms with E-state index in [-0.39, 0.29) is 41.5 Å². The Kier molecular flexibility index (Phi) is 11.6. The van der Waals surface area contributed by atoms with Crippen LogP contribution < -0.4 is 11.1 Å². The first kappa shape index (κ1) is 27.1. The Hall–Kier alpha value is -0.900. The van der Waals surface area contributed by atoms with Gasteiger partial charge in [0, 0.05) is 31.9 Å². The molecule has 0 aromatic heterocycles. The van der Waals surface area contributed by atoms with Crippen molar-refractivity contribution in [1.82, 2.24) is 9.21 Å². The molecular weight excluding hydrogens is 423 g/mol. The van der Waals surface area contributed by atoms with Gasteiger partial charge in [-0.2, -0.15) is 4.31 Å². The lowest BCUT2D eigenvalue weighted by atomic mass is 9.99. The number of nitrogens with zero attached hydrogens (tertiary/aromatic N) is 2. The van der Waals surface area contributed by atoms with Crippen molar-refractivity contribution in [2.24, 2.45) is 11.7 Å². The molecule has 1 amide bonds. The summed E-state index contributed by atoms with van der Waals surface area (Å²) in [7, 11) is -3.57. The zero-order valence-corrected chi connectivity index (χ0v) is 19.1. The summed E-state index contributed by atoms with van der Waals surface area (Å²) in [5, 5.41) is 2.73. The van der Waals surface area contributed by atoms with Crippen LogP contribution in [0.15, 0.2) is 29.2 Å². The average molecular weight is 455 g/mol. The maximum Gasteiger partial charge on any atom is 0.243 e. The predicted molar refractivity (Wildman–Crippen MR) is 118 cm³/mol. The van der Waals surface area contributed by atoms with Crippen LogP contribution in [-0.2, 0) is 14.8 Å². The molecular formula is C18H32Cl2N4O3S. The molecule has 3 N–H and O–H groups in total. The maximum atomic E-state index is 12.9. The summed E-state index contributed by atoms with van der Waals surface area (Å²) in [5.41, 5.74) is 6.39. The van der Waals surface area contributed by atoms with Crippen LogP contribution in [0.4, 0.5) is 5.69 Å². The fourth-order valence-electron chi connectivity index (χ4n) is 2.91. The molecule has 0 spiro atoms. The second kappa shape index (κ2) is 11.9. The first-order valence-electron chi connectivity index (χ1n) is 9.18. The molecule has 1 saturated heterocycles. The van der Waals surface area contributed by atoms with Crippen molar-refractivity contribution in [3.63, 3.8) is 0 Å². The van der Waals surface area contributed by atoms with Crippen molar-refractivity contribution in [2.75, 3.05) is 38.0 Å². The summed E-state index contributed by atoms with van der Waals surface area (Å²) in [4.78, 5) is 14.7. The second-order valence-electron chi connectivity index (χ2n) is 6.77. The van der Waals surface area contributed by atoms with Crippen LogP contribution >= 0.6 is 24.8 Å². The van der Waals surface area contributed by atoms with Crippen molar-refractivity contribution >= 4 is 46.4 Å². The van der Waals surface area contributed by atoms with Crippen molar-refractivity contribution in [1.29, 1.82) is 0 Å². The van der Waals surface area contributed by atoms with Gasteiger partial charge in [0.25, 0.3) is 0 Å². The van der Waals surface area contributed by atoms with Crippen molar-refractivity contribution in [3.05, 3.63) is 24.3 Å². The lowest BCUT2D eigenvalue weighted by Crippen LogP contribution is -2.48. The fourth-order valence-corrected chi connectivity index (χ4v) is 4.38. The number of halogens is 2. The van der Waals surface area contributed by atoms with Crippen LogP contribution in [0.5, 0.6) is 0 Å². The summed E-state index contributed by atoms with van der Waals surface area (Å²) < 4.78 is 27.3. The first-order chi connectivity index (χ1) is 12.3. The number of nitrogens with two attached hydrogens (primary N) is 1. The summed E-state index contributed by atoms with van der Waals surface area (Å²) in [6, 6.07) is 5.76. The van der Waals surface area contributed by atoms with Gasteiger partial charge in [-0.15, -0.1) is 24.8 Å². The third-order valence-electron chi connectivity index (χ3n) is 5.08. The number of piperazine rings is 1. The smallest absolute Gasteiger partial charge is 0.243 e. The number of carbonyl (C=O) groups excluding carboxylic acids is 1. The summed E-state index contributed by atoms with van der Waals surface area (Å²) >= 11 is 0. The van der Waals surface area contributed by atoms with Gasteiger partial charge in [-0.05, 0) is 30.7 Å². The molecule has 1 aromatic carbocycles. The number of anilines is 1. The largest absolute Gasteiger partial charge is 0.325 e. The molecule has 1 aliphatic rings. The molecule has 1 aliphatic heterocycles. The summed E-state index contributed by atoms with van der Waals surface area (Å²) in [5.74, 6) is -0.248. The minimum Gasteiger partial charge on any atom is -0.325 e. The SMILES string of the molecule is CCC(C)C(N)C(=O)Nc1cccc(S(=O)(=O)N2CCN(CC)CC2)c1.Cl.Cl. The van der Waals surface area contributed by atoms with Crippen LogP contribution in [0, 0.1) is 5.92 Å². The van der Waals surface area contributed by atoms with Crippen LogP contribution in [0.1, 0.15) is 27.2 Å². The van der Waals surface area contributed by atoms with Gasteiger partial charge in [0.1, 0.15) is 0 Å². The van der Waals surface area contributed by atoms with E-state index in [2.05, 4.69) is 17.1 Å².